The fraction of sp³-hybridized carbons (Fsp3) is 0.0385. The van der Waals surface area contributed by atoms with Crippen LogP contribution in [0.4, 0.5) is 14.9 Å². The summed E-state index contributed by atoms with van der Waals surface area (Å²) < 4.78 is 14.8. The molecule has 190 valence electrons. The molecule has 0 spiro atoms. The maximum atomic E-state index is 13.6. The molecule has 3 amide bonds. The molecule has 38 heavy (non-hydrogen) atoms. The normalized spacial score (nSPS) is 14.3. The Morgan fingerprint density at radius 1 is 1.00 bits per heavy atom. The van der Waals surface area contributed by atoms with Gasteiger partial charge in [0.25, 0.3) is 17.2 Å². The average Bonchev–Trinajstić information content (AvgIpc) is 3.35. The average molecular weight is 534 g/mol. The van der Waals surface area contributed by atoms with Crippen molar-refractivity contribution >= 4 is 35.3 Å². The van der Waals surface area contributed by atoms with Crippen LogP contribution in [0.2, 0.25) is 5.02 Å². The van der Waals surface area contributed by atoms with E-state index in [9.17, 15) is 28.9 Å². The summed E-state index contributed by atoms with van der Waals surface area (Å²) in [4.78, 5) is 50.5. The maximum absolute atomic E-state index is 13.6. The van der Waals surface area contributed by atoms with Crippen LogP contribution in [0, 0.1) is 15.9 Å². The second-order valence-corrected chi connectivity index (χ2v) is 8.77. The van der Waals surface area contributed by atoms with Gasteiger partial charge < -0.3 is 5.32 Å². The lowest BCUT2D eigenvalue weighted by Crippen LogP contribution is -2.30. The molecule has 5 rings (SSSR count). The highest BCUT2D eigenvalue weighted by atomic mass is 35.5. The first-order valence-electron chi connectivity index (χ1n) is 11.2. The number of H-pyrrole nitrogens is 1. The van der Waals surface area contributed by atoms with Gasteiger partial charge in [-0.3, -0.25) is 29.7 Å². The number of halogens is 2. The van der Waals surface area contributed by atoms with Crippen LogP contribution in [-0.2, 0) is 11.3 Å². The van der Waals surface area contributed by atoms with E-state index in [1.165, 1.54) is 53.2 Å². The molecule has 10 nitrogen and oxygen atoms in total. The lowest BCUT2D eigenvalue weighted by Gasteiger charge is -2.11. The van der Waals surface area contributed by atoms with Crippen LogP contribution in [-0.4, -0.2) is 31.5 Å². The lowest BCUT2D eigenvalue weighted by molar-refractivity contribution is -0.384. The maximum Gasteiger partial charge on any atom is 0.329 e. The number of nitro groups is 1. The van der Waals surface area contributed by atoms with Gasteiger partial charge in [0, 0.05) is 22.7 Å². The summed E-state index contributed by atoms with van der Waals surface area (Å²) in [6.07, 6.45) is 1.26. The van der Waals surface area contributed by atoms with E-state index in [2.05, 4.69) is 10.4 Å². The van der Waals surface area contributed by atoms with Crippen molar-refractivity contribution < 1.29 is 18.9 Å². The van der Waals surface area contributed by atoms with Crippen LogP contribution in [0.3, 0.4) is 0 Å². The summed E-state index contributed by atoms with van der Waals surface area (Å²) in [7, 11) is 0. The van der Waals surface area contributed by atoms with E-state index in [0.717, 1.165) is 4.90 Å². The zero-order valence-corrected chi connectivity index (χ0v) is 20.1. The predicted molar refractivity (Wildman–Crippen MR) is 137 cm³/mol. The van der Waals surface area contributed by atoms with Crippen LogP contribution in [0.25, 0.3) is 23.0 Å². The van der Waals surface area contributed by atoms with Crippen molar-refractivity contribution in [1.82, 2.24) is 20.0 Å². The number of nitrogens with zero attached hydrogens (tertiary/aromatic N) is 3. The van der Waals surface area contributed by atoms with Gasteiger partial charge in [-0.25, -0.2) is 13.9 Å². The first kappa shape index (κ1) is 24.7. The third-order valence-electron chi connectivity index (χ3n) is 5.86. The van der Waals surface area contributed by atoms with Crippen LogP contribution < -0.4 is 10.9 Å². The second-order valence-electron chi connectivity index (χ2n) is 8.33. The minimum absolute atomic E-state index is 0.0573. The molecule has 0 unspecified atom stereocenters. The Morgan fingerprint density at radius 3 is 2.37 bits per heavy atom. The zero-order valence-electron chi connectivity index (χ0n) is 19.4. The number of non-ortho nitro benzene ring substituents is 1. The van der Waals surface area contributed by atoms with Crippen molar-refractivity contribution in [3.8, 4) is 16.9 Å². The number of urea groups is 1. The summed E-state index contributed by atoms with van der Waals surface area (Å²) >= 11 is 6.01. The van der Waals surface area contributed by atoms with Crippen molar-refractivity contribution in [2.24, 2.45) is 0 Å². The number of nitro benzene ring substituents is 1. The van der Waals surface area contributed by atoms with E-state index in [0.29, 0.717) is 27.5 Å². The van der Waals surface area contributed by atoms with Gasteiger partial charge in [-0.1, -0.05) is 35.9 Å². The topological polar surface area (TPSA) is 130 Å². The number of amides is 3. The number of carbonyl (C=O) groups is 2. The number of aromatic amines is 1. The molecule has 12 heteroatoms. The van der Waals surface area contributed by atoms with Crippen molar-refractivity contribution in [2.75, 3.05) is 0 Å². The van der Waals surface area contributed by atoms with E-state index >= 15 is 0 Å². The molecule has 0 bridgehead atoms. The number of carbonyl (C=O) groups excluding carboxylic acids is 2. The monoisotopic (exact) mass is 533 g/mol. The van der Waals surface area contributed by atoms with Gasteiger partial charge in [0.2, 0.25) is 0 Å². The number of benzene rings is 3. The summed E-state index contributed by atoms with van der Waals surface area (Å²) in [5.74, 6) is -1.19. The molecule has 0 radical (unpaired) electrons. The van der Waals surface area contributed by atoms with Gasteiger partial charge >= 0.3 is 6.03 Å². The fourth-order valence-electron chi connectivity index (χ4n) is 4.00. The molecule has 1 fully saturated rings. The molecular weight excluding hydrogens is 517 g/mol. The Kier molecular flexibility index (Phi) is 6.35. The van der Waals surface area contributed by atoms with E-state index in [-0.39, 0.29) is 23.5 Å². The smallest absolute Gasteiger partial charge is 0.303 e. The van der Waals surface area contributed by atoms with Gasteiger partial charge in [0.05, 0.1) is 28.4 Å². The molecule has 1 saturated heterocycles. The van der Waals surface area contributed by atoms with Gasteiger partial charge in [-0.2, -0.15) is 0 Å². The highest BCUT2D eigenvalue weighted by Crippen LogP contribution is 2.26. The Labute approximate surface area is 218 Å². The Balaban J connectivity index is 1.57. The standard InChI is InChI=1S/C26H17ClFN5O5/c27-17-6-4-16(5-7-17)23-21(24(34)32(30-23)19-8-10-20(11-9-19)33(37)38)13-22-25(35)31(26(36)29-22)14-15-2-1-3-18(28)12-15/h1-13,30H,14H2,(H,29,36). The number of hydrogen-bond donors (Lipinski definition) is 2. The fourth-order valence-corrected chi connectivity index (χ4v) is 4.13. The molecule has 2 N–H and O–H groups in total. The van der Waals surface area contributed by atoms with Crippen molar-refractivity contribution in [3.63, 3.8) is 0 Å². The first-order valence-corrected chi connectivity index (χ1v) is 11.5. The van der Waals surface area contributed by atoms with Crippen molar-refractivity contribution in [2.45, 2.75) is 6.54 Å². The summed E-state index contributed by atoms with van der Waals surface area (Å²) in [5.41, 5.74) is 0.813. The number of rotatable bonds is 6. The van der Waals surface area contributed by atoms with Gasteiger partial charge in [0.1, 0.15) is 11.5 Å². The van der Waals surface area contributed by atoms with Crippen LogP contribution in [0.15, 0.2) is 83.3 Å². The third-order valence-corrected chi connectivity index (χ3v) is 6.11. The summed E-state index contributed by atoms with van der Waals surface area (Å²) in [5, 5.41) is 16.9. The number of nitrogens with one attached hydrogen (secondary N) is 2. The van der Waals surface area contributed by atoms with Gasteiger partial charge in [-0.15, -0.1) is 0 Å². The van der Waals surface area contributed by atoms with Gasteiger partial charge in [-0.05, 0) is 48.0 Å². The Hall–Kier alpha value is -5.03. The Morgan fingerprint density at radius 2 is 1.71 bits per heavy atom. The van der Waals surface area contributed by atoms with E-state index in [1.54, 1.807) is 30.3 Å². The summed E-state index contributed by atoms with van der Waals surface area (Å²) in [6.45, 7) is -0.163. The predicted octanol–water partition coefficient (Wildman–Crippen LogP) is 4.63. The van der Waals surface area contributed by atoms with Crippen molar-refractivity contribution in [3.05, 3.63) is 121 Å². The molecule has 1 aliphatic heterocycles. The Bertz CT molecular complexity index is 1680. The van der Waals surface area contributed by atoms with E-state index in [4.69, 9.17) is 11.6 Å². The van der Waals surface area contributed by atoms with E-state index in [1.807, 2.05) is 0 Å². The molecule has 3 aromatic carbocycles. The quantitative estimate of drug-likeness (QED) is 0.161. The molecule has 0 aliphatic carbocycles. The number of aromatic nitrogens is 2. The molecule has 0 atom stereocenters. The second kappa shape index (κ2) is 9.79. The van der Waals surface area contributed by atoms with Gasteiger partial charge in [0.15, 0.2) is 0 Å². The van der Waals surface area contributed by atoms with Crippen LogP contribution >= 0.6 is 11.6 Å². The highest BCUT2D eigenvalue weighted by molar-refractivity contribution is 6.30. The minimum Gasteiger partial charge on any atom is -0.303 e. The molecule has 4 aromatic rings. The first-order chi connectivity index (χ1) is 18.2. The molecule has 1 aromatic heterocycles. The van der Waals surface area contributed by atoms with E-state index < -0.39 is 28.2 Å². The lowest BCUT2D eigenvalue weighted by atomic mass is 10.1. The molecule has 1 aliphatic rings. The highest BCUT2D eigenvalue weighted by Gasteiger charge is 2.34. The molecule has 0 saturated carbocycles. The molecular formula is C26H17ClFN5O5. The third kappa shape index (κ3) is 4.70. The van der Waals surface area contributed by atoms with Crippen LogP contribution in [0.1, 0.15) is 11.1 Å². The molecule has 2 heterocycles. The largest absolute Gasteiger partial charge is 0.329 e. The number of imide groups is 1. The van der Waals surface area contributed by atoms with Crippen molar-refractivity contribution in [1.29, 1.82) is 0 Å². The van der Waals surface area contributed by atoms with Crippen LogP contribution in [0.5, 0.6) is 0 Å². The number of hydrogen-bond acceptors (Lipinski definition) is 5. The summed E-state index contributed by atoms with van der Waals surface area (Å²) in [6, 6.07) is 16.7. The zero-order chi connectivity index (χ0) is 27.0. The SMILES string of the molecule is O=C1NC(=Cc2c(-c3ccc(Cl)cc3)[nH]n(-c3ccc([N+](=O)[O-])cc3)c2=O)C(=O)N1Cc1cccc(F)c1. The minimum atomic E-state index is -0.718.